The van der Waals surface area contributed by atoms with E-state index in [2.05, 4.69) is 14.5 Å². The molecule has 2 heterocycles. The lowest BCUT2D eigenvalue weighted by atomic mass is 10.00. The molecule has 3 rings (SSSR count). The van der Waals surface area contributed by atoms with E-state index >= 15 is 0 Å². The number of hydrogen-bond acceptors (Lipinski definition) is 6. The van der Waals surface area contributed by atoms with Gasteiger partial charge in [-0.05, 0) is 31.3 Å². The number of nitrogens with zero attached hydrogens (tertiary/aromatic N) is 3. The van der Waals surface area contributed by atoms with Crippen molar-refractivity contribution >= 4 is 16.5 Å². The molecule has 0 spiro atoms. The third kappa shape index (κ3) is 2.49. The Morgan fingerprint density at radius 3 is 2.58 bits per heavy atom. The molecule has 102 valence electrons. The maximum Gasteiger partial charge on any atom is 0.262 e. The largest absolute Gasteiger partial charge is 0.389 e. The Morgan fingerprint density at radius 1 is 1.21 bits per heavy atom. The fourth-order valence-corrected chi connectivity index (χ4v) is 3.34. The summed E-state index contributed by atoms with van der Waals surface area (Å²) in [6.07, 6.45) is 7.49. The lowest BCUT2D eigenvalue weighted by molar-refractivity contribution is 0.410. The molecule has 5 nitrogen and oxygen atoms in total. The van der Waals surface area contributed by atoms with Gasteiger partial charge in [-0.15, -0.1) is 0 Å². The molecule has 0 aromatic carbocycles. The maximum atomic E-state index is 5.91. The zero-order chi connectivity index (χ0) is 13.2. The Balaban J connectivity index is 1.86. The average Bonchev–Trinajstić information content (AvgIpc) is 2.88. The number of hydrogen-bond donors (Lipinski definition) is 1. The molecule has 0 amide bonds. The van der Waals surface area contributed by atoms with E-state index in [-0.39, 0.29) is 0 Å². The highest BCUT2D eigenvalue weighted by Crippen LogP contribution is 2.34. The Bertz CT molecular complexity index is 535. The first-order chi connectivity index (χ1) is 9.25. The summed E-state index contributed by atoms with van der Waals surface area (Å²) < 4.78 is 9.61. The predicted octanol–water partition coefficient (Wildman–Crippen LogP) is 3.52. The van der Waals surface area contributed by atoms with E-state index < -0.39 is 0 Å². The maximum absolute atomic E-state index is 5.91. The molecule has 6 heteroatoms. The molecule has 0 atom stereocenters. The standard InChI is InChI=1S/C13H18N4OS/c1-8-10(11(14)19-17-8)13-15-12(16-18-13)9-6-4-2-3-5-7-9/h9H,2-7,14H2,1H3. The molecule has 2 aromatic heterocycles. The van der Waals surface area contributed by atoms with Gasteiger partial charge < -0.3 is 10.3 Å². The van der Waals surface area contributed by atoms with Gasteiger partial charge in [-0.25, -0.2) is 0 Å². The quantitative estimate of drug-likeness (QED) is 0.850. The lowest BCUT2D eigenvalue weighted by Crippen LogP contribution is -1.99. The van der Waals surface area contributed by atoms with Crippen LogP contribution in [0.2, 0.25) is 0 Å². The van der Waals surface area contributed by atoms with Crippen LogP contribution >= 0.6 is 11.5 Å². The zero-order valence-corrected chi connectivity index (χ0v) is 11.9. The first-order valence-electron chi connectivity index (χ1n) is 6.81. The second-order valence-electron chi connectivity index (χ2n) is 5.15. The molecule has 0 radical (unpaired) electrons. The van der Waals surface area contributed by atoms with E-state index in [1.807, 2.05) is 6.92 Å². The number of rotatable bonds is 2. The highest BCUT2D eigenvalue weighted by atomic mass is 32.1. The minimum atomic E-state index is 0.438. The van der Waals surface area contributed by atoms with Crippen LogP contribution in [0.25, 0.3) is 11.5 Å². The van der Waals surface area contributed by atoms with Gasteiger partial charge >= 0.3 is 0 Å². The predicted molar refractivity (Wildman–Crippen MR) is 75.0 cm³/mol. The van der Waals surface area contributed by atoms with Crippen molar-refractivity contribution in [3.05, 3.63) is 11.5 Å². The van der Waals surface area contributed by atoms with Crippen molar-refractivity contribution in [1.82, 2.24) is 14.5 Å². The zero-order valence-electron chi connectivity index (χ0n) is 11.1. The molecule has 1 fully saturated rings. The lowest BCUT2D eigenvalue weighted by Gasteiger charge is -2.07. The molecular weight excluding hydrogens is 260 g/mol. The Labute approximate surface area is 116 Å². The van der Waals surface area contributed by atoms with Gasteiger partial charge in [0.05, 0.1) is 11.3 Å². The summed E-state index contributed by atoms with van der Waals surface area (Å²) in [6, 6.07) is 0. The normalized spacial score (nSPS) is 17.5. The monoisotopic (exact) mass is 278 g/mol. The summed E-state index contributed by atoms with van der Waals surface area (Å²) in [4.78, 5) is 4.55. The van der Waals surface area contributed by atoms with Crippen molar-refractivity contribution in [3.8, 4) is 11.5 Å². The summed E-state index contributed by atoms with van der Waals surface area (Å²) in [5, 5.41) is 4.80. The third-order valence-electron chi connectivity index (χ3n) is 3.77. The van der Waals surface area contributed by atoms with E-state index in [1.54, 1.807) is 0 Å². The van der Waals surface area contributed by atoms with Crippen LogP contribution in [-0.2, 0) is 0 Å². The van der Waals surface area contributed by atoms with Gasteiger partial charge in [0, 0.05) is 5.92 Å². The smallest absolute Gasteiger partial charge is 0.262 e. The van der Waals surface area contributed by atoms with Gasteiger partial charge in [0.25, 0.3) is 5.89 Å². The highest BCUT2D eigenvalue weighted by Gasteiger charge is 2.22. The molecule has 0 aliphatic heterocycles. The number of aromatic nitrogens is 3. The Kier molecular flexibility index (Phi) is 3.50. The molecule has 0 saturated heterocycles. The van der Waals surface area contributed by atoms with Crippen LogP contribution in [-0.4, -0.2) is 14.5 Å². The number of anilines is 1. The van der Waals surface area contributed by atoms with E-state index in [9.17, 15) is 0 Å². The molecule has 1 aliphatic carbocycles. The summed E-state index contributed by atoms with van der Waals surface area (Å²) in [5.41, 5.74) is 7.58. The number of nitrogen functional groups attached to an aromatic ring is 1. The van der Waals surface area contributed by atoms with Crippen LogP contribution in [0.1, 0.15) is 56.0 Å². The van der Waals surface area contributed by atoms with E-state index in [1.165, 1.54) is 37.2 Å². The third-order valence-corrected chi connectivity index (χ3v) is 4.53. The first-order valence-corrected chi connectivity index (χ1v) is 7.59. The van der Waals surface area contributed by atoms with Gasteiger partial charge in [-0.1, -0.05) is 30.8 Å². The van der Waals surface area contributed by atoms with Gasteiger partial charge in [0.15, 0.2) is 5.82 Å². The number of aryl methyl sites for hydroxylation is 1. The highest BCUT2D eigenvalue weighted by molar-refractivity contribution is 7.10. The van der Waals surface area contributed by atoms with Gasteiger partial charge in [-0.3, -0.25) is 0 Å². The molecule has 2 N–H and O–H groups in total. The molecule has 0 unspecified atom stereocenters. The second-order valence-corrected chi connectivity index (χ2v) is 5.96. The number of nitrogens with two attached hydrogens (primary N) is 1. The fraction of sp³-hybridized carbons (Fsp3) is 0.615. The SMILES string of the molecule is Cc1nsc(N)c1-c1nc(C2CCCCCC2)no1. The van der Waals surface area contributed by atoms with Crippen molar-refractivity contribution in [1.29, 1.82) is 0 Å². The van der Waals surface area contributed by atoms with Crippen molar-refractivity contribution in [3.63, 3.8) is 0 Å². The van der Waals surface area contributed by atoms with Crippen LogP contribution in [0.4, 0.5) is 5.00 Å². The van der Waals surface area contributed by atoms with Gasteiger partial charge in [0.2, 0.25) is 0 Å². The van der Waals surface area contributed by atoms with Crippen molar-refractivity contribution in [2.45, 2.75) is 51.4 Å². The summed E-state index contributed by atoms with van der Waals surface area (Å²) in [6.45, 7) is 1.91. The van der Waals surface area contributed by atoms with Crippen LogP contribution in [0.15, 0.2) is 4.52 Å². The van der Waals surface area contributed by atoms with E-state index in [0.717, 1.165) is 29.9 Å². The summed E-state index contributed by atoms with van der Waals surface area (Å²) >= 11 is 1.27. The van der Waals surface area contributed by atoms with Crippen LogP contribution in [0, 0.1) is 6.92 Å². The second kappa shape index (κ2) is 5.28. The minimum absolute atomic E-state index is 0.438. The Hall–Kier alpha value is -1.43. The molecule has 0 bridgehead atoms. The van der Waals surface area contributed by atoms with Crippen LogP contribution in [0.3, 0.4) is 0 Å². The minimum Gasteiger partial charge on any atom is -0.389 e. The molecular formula is C13H18N4OS. The molecule has 1 saturated carbocycles. The van der Waals surface area contributed by atoms with Crippen molar-refractivity contribution in [2.75, 3.05) is 5.73 Å². The van der Waals surface area contributed by atoms with Crippen molar-refractivity contribution in [2.24, 2.45) is 0 Å². The van der Waals surface area contributed by atoms with E-state index in [4.69, 9.17) is 10.3 Å². The molecule has 19 heavy (non-hydrogen) atoms. The van der Waals surface area contributed by atoms with E-state index in [0.29, 0.717) is 16.8 Å². The first kappa shape index (κ1) is 12.6. The van der Waals surface area contributed by atoms with Crippen LogP contribution in [0.5, 0.6) is 0 Å². The summed E-state index contributed by atoms with van der Waals surface area (Å²) in [7, 11) is 0. The van der Waals surface area contributed by atoms with Gasteiger partial charge in [-0.2, -0.15) is 9.36 Å². The molecule has 2 aromatic rings. The fourth-order valence-electron chi connectivity index (χ4n) is 2.69. The Morgan fingerprint density at radius 2 is 1.95 bits per heavy atom. The average molecular weight is 278 g/mol. The topological polar surface area (TPSA) is 77.8 Å². The van der Waals surface area contributed by atoms with Gasteiger partial charge in [0.1, 0.15) is 5.00 Å². The molecule has 1 aliphatic rings. The van der Waals surface area contributed by atoms with Crippen LogP contribution < -0.4 is 5.73 Å². The summed E-state index contributed by atoms with van der Waals surface area (Å²) in [5.74, 6) is 1.79. The van der Waals surface area contributed by atoms with Crippen molar-refractivity contribution < 1.29 is 4.52 Å².